The van der Waals surface area contributed by atoms with E-state index in [1.54, 1.807) is 0 Å². The van der Waals surface area contributed by atoms with Crippen LogP contribution in [0.5, 0.6) is 0 Å². The fourth-order valence-electron chi connectivity index (χ4n) is 2.47. The molecule has 1 unspecified atom stereocenters. The van der Waals surface area contributed by atoms with E-state index in [4.69, 9.17) is 4.74 Å². The minimum atomic E-state index is 0.209. The van der Waals surface area contributed by atoms with Crippen LogP contribution in [0.3, 0.4) is 0 Å². The van der Waals surface area contributed by atoms with Crippen molar-refractivity contribution >= 4 is 5.78 Å². The molecule has 19 heavy (non-hydrogen) atoms. The van der Waals surface area contributed by atoms with E-state index in [1.165, 1.54) is 0 Å². The van der Waals surface area contributed by atoms with Crippen LogP contribution in [0.15, 0.2) is 24.3 Å². The van der Waals surface area contributed by atoms with E-state index < -0.39 is 0 Å². The van der Waals surface area contributed by atoms with E-state index in [0.717, 1.165) is 43.7 Å². The Morgan fingerprint density at radius 2 is 2.32 bits per heavy atom. The number of ether oxygens (including phenoxy) is 1. The first-order valence-electron chi connectivity index (χ1n) is 7.13. The number of aryl methyl sites for hydroxylation is 1. The molecule has 2 rings (SSSR count). The summed E-state index contributed by atoms with van der Waals surface area (Å²) >= 11 is 0. The lowest BCUT2D eigenvalue weighted by Gasteiger charge is -2.22. The average Bonchev–Trinajstić information content (AvgIpc) is 2.64. The lowest BCUT2D eigenvalue weighted by atomic mass is 10.1. The Hall–Kier alpha value is -1.19. The van der Waals surface area contributed by atoms with E-state index in [0.29, 0.717) is 6.54 Å². The Morgan fingerprint density at radius 1 is 1.47 bits per heavy atom. The van der Waals surface area contributed by atoms with Gasteiger partial charge in [0.05, 0.1) is 12.6 Å². The smallest absolute Gasteiger partial charge is 0.176 e. The number of benzene rings is 1. The Bertz CT molecular complexity index is 431. The maximum atomic E-state index is 12.3. The molecular weight excluding hydrogens is 238 g/mol. The number of nitrogens with zero attached hydrogens (tertiary/aromatic N) is 1. The third-order valence-electron chi connectivity index (χ3n) is 3.60. The van der Waals surface area contributed by atoms with Crippen LogP contribution in [0.1, 0.15) is 35.7 Å². The predicted molar refractivity (Wildman–Crippen MR) is 76.6 cm³/mol. The molecule has 0 amide bonds. The standard InChI is InChI=1S/C16H23NO2/c1-3-15-11-17(8-5-9-19-15)12-16(18)14-7-4-6-13(2)10-14/h4,6-7,10,15H,3,5,8-9,11-12H2,1-2H3. The molecule has 3 heteroatoms. The Balaban J connectivity index is 1.97. The molecule has 0 bridgehead atoms. The summed E-state index contributed by atoms with van der Waals surface area (Å²) < 4.78 is 5.74. The summed E-state index contributed by atoms with van der Waals surface area (Å²) in [4.78, 5) is 14.5. The highest BCUT2D eigenvalue weighted by Gasteiger charge is 2.19. The van der Waals surface area contributed by atoms with E-state index in [2.05, 4.69) is 11.8 Å². The monoisotopic (exact) mass is 261 g/mol. The number of hydrogen-bond donors (Lipinski definition) is 0. The lowest BCUT2D eigenvalue weighted by Crippen LogP contribution is -2.35. The average molecular weight is 261 g/mol. The Labute approximate surface area is 115 Å². The second kappa shape index (κ2) is 6.83. The zero-order valence-electron chi connectivity index (χ0n) is 11.9. The van der Waals surface area contributed by atoms with Gasteiger partial charge in [0.2, 0.25) is 0 Å². The van der Waals surface area contributed by atoms with Crippen molar-refractivity contribution in [2.75, 3.05) is 26.2 Å². The van der Waals surface area contributed by atoms with Crippen LogP contribution in [0.25, 0.3) is 0 Å². The second-order valence-corrected chi connectivity index (χ2v) is 5.28. The van der Waals surface area contributed by atoms with Gasteiger partial charge in [-0.25, -0.2) is 0 Å². The second-order valence-electron chi connectivity index (χ2n) is 5.28. The van der Waals surface area contributed by atoms with Crippen molar-refractivity contribution in [2.45, 2.75) is 32.8 Å². The third kappa shape index (κ3) is 4.15. The summed E-state index contributed by atoms with van der Waals surface area (Å²) in [5, 5.41) is 0. The van der Waals surface area contributed by atoms with E-state index in [1.807, 2.05) is 31.2 Å². The summed E-state index contributed by atoms with van der Waals surface area (Å²) in [6, 6.07) is 7.83. The van der Waals surface area contributed by atoms with Gasteiger partial charge in [-0.1, -0.05) is 30.7 Å². The molecule has 0 aromatic heterocycles. The molecule has 0 radical (unpaired) electrons. The molecule has 1 saturated heterocycles. The van der Waals surface area contributed by atoms with Crippen LogP contribution in [0.2, 0.25) is 0 Å². The largest absolute Gasteiger partial charge is 0.377 e. The van der Waals surface area contributed by atoms with Crippen LogP contribution >= 0.6 is 0 Å². The molecule has 104 valence electrons. The number of hydrogen-bond acceptors (Lipinski definition) is 3. The van der Waals surface area contributed by atoms with Gasteiger partial charge in [-0.15, -0.1) is 0 Å². The normalized spacial score (nSPS) is 21.1. The van der Waals surface area contributed by atoms with Crippen molar-refractivity contribution in [1.29, 1.82) is 0 Å². The topological polar surface area (TPSA) is 29.5 Å². The molecule has 0 aliphatic carbocycles. The molecule has 0 spiro atoms. The van der Waals surface area contributed by atoms with Crippen LogP contribution < -0.4 is 0 Å². The zero-order valence-corrected chi connectivity index (χ0v) is 11.9. The van der Waals surface area contributed by atoms with Crippen LogP contribution in [0.4, 0.5) is 0 Å². The van der Waals surface area contributed by atoms with Gasteiger partial charge >= 0.3 is 0 Å². The van der Waals surface area contributed by atoms with E-state index >= 15 is 0 Å². The molecule has 0 saturated carbocycles. The first-order chi connectivity index (χ1) is 9.19. The number of Topliss-reactive ketones (excluding diaryl/α,β-unsaturated/α-hetero) is 1. The number of ketones is 1. The molecule has 1 aromatic rings. The summed E-state index contributed by atoms with van der Waals surface area (Å²) in [7, 11) is 0. The summed E-state index contributed by atoms with van der Waals surface area (Å²) in [5.41, 5.74) is 1.95. The van der Waals surface area contributed by atoms with Crippen molar-refractivity contribution in [3.05, 3.63) is 35.4 Å². The van der Waals surface area contributed by atoms with E-state index in [-0.39, 0.29) is 11.9 Å². The number of carbonyl (C=O) groups is 1. The Kier molecular flexibility index (Phi) is 5.11. The van der Waals surface area contributed by atoms with Gasteiger partial charge in [0.1, 0.15) is 0 Å². The van der Waals surface area contributed by atoms with Crippen molar-refractivity contribution < 1.29 is 9.53 Å². The first kappa shape index (κ1) is 14.2. The van der Waals surface area contributed by atoms with Gasteiger partial charge < -0.3 is 4.74 Å². The van der Waals surface area contributed by atoms with E-state index in [9.17, 15) is 4.79 Å². The molecule has 1 aromatic carbocycles. The van der Waals surface area contributed by atoms with Crippen molar-refractivity contribution in [3.8, 4) is 0 Å². The van der Waals surface area contributed by atoms with Crippen LogP contribution in [-0.4, -0.2) is 43.0 Å². The summed E-state index contributed by atoms with van der Waals surface area (Å²) in [6.45, 7) is 7.29. The molecule has 1 fully saturated rings. The molecule has 1 heterocycles. The highest BCUT2D eigenvalue weighted by molar-refractivity contribution is 5.97. The van der Waals surface area contributed by atoms with Gasteiger partial charge in [0, 0.05) is 25.3 Å². The highest BCUT2D eigenvalue weighted by atomic mass is 16.5. The SMILES string of the molecule is CCC1CN(CC(=O)c2cccc(C)c2)CCCO1. The van der Waals surface area contributed by atoms with Gasteiger partial charge in [0.25, 0.3) is 0 Å². The molecule has 0 N–H and O–H groups in total. The molecule has 1 atom stereocenters. The van der Waals surface area contributed by atoms with Crippen LogP contribution in [0, 0.1) is 6.92 Å². The predicted octanol–water partition coefficient (Wildman–Crippen LogP) is 2.68. The number of rotatable bonds is 4. The molecule has 3 nitrogen and oxygen atoms in total. The summed E-state index contributed by atoms with van der Waals surface area (Å²) in [6.07, 6.45) is 2.29. The molecule has 1 aliphatic heterocycles. The minimum Gasteiger partial charge on any atom is -0.377 e. The van der Waals surface area contributed by atoms with Gasteiger partial charge in [0.15, 0.2) is 5.78 Å². The first-order valence-corrected chi connectivity index (χ1v) is 7.13. The third-order valence-corrected chi connectivity index (χ3v) is 3.60. The lowest BCUT2D eigenvalue weighted by molar-refractivity contribution is 0.0512. The van der Waals surface area contributed by atoms with Gasteiger partial charge in [-0.2, -0.15) is 0 Å². The van der Waals surface area contributed by atoms with Gasteiger partial charge in [-0.05, 0) is 25.8 Å². The fourth-order valence-corrected chi connectivity index (χ4v) is 2.47. The maximum Gasteiger partial charge on any atom is 0.176 e. The quantitative estimate of drug-likeness (QED) is 0.780. The van der Waals surface area contributed by atoms with Crippen molar-refractivity contribution in [3.63, 3.8) is 0 Å². The van der Waals surface area contributed by atoms with Crippen molar-refractivity contribution in [2.24, 2.45) is 0 Å². The Morgan fingerprint density at radius 3 is 3.05 bits per heavy atom. The highest BCUT2D eigenvalue weighted by Crippen LogP contribution is 2.11. The molecule has 1 aliphatic rings. The minimum absolute atomic E-state index is 0.209. The number of carbonyl (C=O) groups excluding carboxylic acids is 1. The summed E-state index contributed by atoms with van der Waals surface area (Å²) in [5.74, 6) is 0.209. The fraction of sp³-hybridized carbons (Fsp3) is 0.562. The molecular formula is C16H23NO2. The van der Waals surface area contributed by atoms with Gasteiger partial charge in [-0.3, -0.25) is 9.69 Å². The van der Waals surface area contributed by atoms with Crippen LogP contribution in [-0.2, 0) is 4.74 Å². The zero-order chi connectivity index (χ0) is 13.7. The van der Waals surface area contributed by atoms with Crippen molar-refractivity contribution in [1.82, 2.24) is 4.90 Å². The maximum absolute atomic E-state index is 12.3.